The van der Waals surface area contributed by atoms with Crippen LogP contribution in [0, 0.1) is 5.82 Å². The number of hydrogen-bond acceptors (Lipinski definition) is 3. The molecule has 2 rings (SSSR count). The van der Waals surface area contributed by atoms with Crippen molar-refractivity contribution in [2.45, 2.75) is 6.10 Å². The molecule has 0 aromatic heterocycles. The topological polar surface area (TPSA) is 50.4 Å². The molecule has 0 spiro atoms. The molecule has 0 aliphatic carbocycles. The lowest BCUT2D eigenvalue weighted by Crippen LogP contribution is -2.45. The average Bonchev–Trinajstić information content (AvgIpc) is 2.34. The minimum atomic E-state index is -0.584. The third-order valence-electron chi connectivity index (χ3n) is 2.41. The lowest BCUT2D eigenvalue weighted by atomic mass is 10.2. The summed E-state index contributed by atoms with van der Waals surface area (Å²) in [7, 11) is 0. The fourth-order valence-electron chi connectivity index (χ4n) is 1.54. The van der Waals surface area contributed by atoms with E-state index in [9.17, 15) is 9.18 Å². The van der Waals surface area contributed by atoms with Gasteiger partial charge < -0.3 is 15.4 Å². The Kier molecular flexibility index (Phi) is 5.81. The number of hydrogen-bond donors (Lipinski definition) is 2. The van der Waals surface area contributed by atoms with Gasteiger partial charge in [0.15, 0.2) is 0 Å². The van der Waals surface area contributed by atoms with E-state index in [0.29, 0.717) is 13.2 Å². The number of rotatable bonds is 2. The summed E-state index contributed by atoms with van der Waals surface area (Å²) in [6.07, 6.45) is -0.584. The van der Waals surface area contributed by atoms with Gasteiger partial charge in [-0.3, -0.25) is 4.79 Å². The molecule has 18 heavy (non-hydrogen) atoms. The van der Waals surface area contributed by atoms with E-state index in [0.717, 1.165) is 12.6 Å². The third kappa shape index (κ3) is 3.81. The van der Waals surface area contributed by atoms with Gasteiger partial charge in [-0.25, -0.2) is 4.39 Å². The molecule has 0 bridgehead atoms. The fourth-order valence-corrected chi connectivity index (χ4v) is 1.70. The standard InChI is InChI=1S/C11H12ClFN2O2.ClH/c12-7-1-2-9(8(13)5-7)15-11(16)10-6-14-3-4-17-10;/h1-2,5,10,14H,3-4,6H2,(H,15,16);1H. The summed E-state index contributed by atoms with van der Waals surface area (Å²) in [5, 5.41) is 5.78. The van der Waals surface area contributed by atoms with Crippen molar-refractivity contribution in [3.05, 3.63) is 29.0 Å². The number of morpholine rings is 1. The maximum absolute atomic E-state index is 13.4. The average molecular weight is 295 g/mol. The first-order valence-corrected chi connectivity index (χ1v) is 5.63. The monoisotopic (exact) mass is 294 g/mol. The van der Waals surface area contributed by atoms with E-state index < -0.39 is 11.9 Å². The zero-order valence-electron chi connectivity index (χ0n) is 9.41. The van der Waals surface area contributed by atoms with Gasteiger partial charge in [0.1, 0.15) is 11.9 Å². The Morgan fingerprint density at radius 1 is 1.56 bits per heavy atom. The zero-order chi connectivity index (χ0) is 12.3. The molecular weight excluding hydrogens is 282 g/mol. The van der Waals surface area contributed by atoms with Gasteiger partial charge in [0, 0.05) is 18.1 Å². The second-order valence-electron chi connectivity index (χ2n) is 3.68. The first-order chi connectivity index (χ1) is 8.16. The van der Waals surface area contributed by atoms with E-state index in [4.69, 9.17) is 16.3 Å². The van der Waals surface area contributed by atoms with Gasteiger partial charge >= 0.3 is 0 Å². The summed E-state index contributed by atoms with van der Waals surface area (Å²) in [5.41, 5.74) is 0.105. The van der Waals surface area contributed by atoms with E-state index in [-0.39, 0.29) is 29.0 Å². The van der Waals surface area contributed by atoms with Crippen LogP contribution >= 0.6 is 24.0 Å². The third-order valence-corrected chi connectivity index (χ3v) is 2.64. The predicted molar refractivity (Wildman–Crippen MR) is 69.9 cm³/mol. The Morgan fingerprint density at radius 2 is 2.33 bits per heavy atom. The van der Waals surface area contributed by atoms with Gasteiger partial charge in [-0.2, -0.15) is 0 Å². The van der Waals surface area contributed by atoms with Crippen molar-refractivity contribution < 1.29 is 13.9 Å². The number of nitrogens with one attached hydrogen (secondary N) is 2. The van der Waals surface area contributed by atoms with E-state index in [1.54, 1.807) is 0 Å². The van der Waals surface area contributed by atoms with Crippen LogP contribution in [0.1, 0.15) is 0 Å². The molecule has 1 fully saturated rings. The molecule has 1 saturated heterocycles. The van der Waals surface area contributed by atoms with Crippen molar-refractivity contribution in [3.63, 3.8) is 0 Å². The summed E-state index contributed by atoms with van der Waals surface area (Å²) >= 11 is 5.61. The number of benzene rings is 1. The van der Waals surface area contributed by atoms with E-state index in [2.05, 4.69) is 10.6 Å². The highest BCUT2D eigenvalue weighted by Crippen LogP contribution is 2.19. The van der Waals surface area contributed by atoms with Gasteiger partial charge in [-0.1, -0.05) is 11.6 Å². The van der Waals surface area contributed by atoms with E-state index >= 15 is 0 Å². The number of amides is 1. The van der Waals surface area contributed by atoms with Crippen LogP contribution in [0.4, 0.5) is 10.1 Å². The van der Waals surface area contributed by atoms with Crippen molar-refractivity contribution in [2.24, 2.45) is 0 Å². The molecule has 2 N–H and O–H groups in total. The van der Waals surface area contributed by atoms with Crippen LogP contribution in [-0.4, -0.2) is 31.7 Å². The highest BCUT2D eigenvalue weighted by molar-refractivity contribution is 6.30. The molecule has 1 aromatic carbocycles. The first-order valence-electron chi connectivity index (χ1n) is 5.25. The molecule has 0 saturated carbocycles. The van der Waals surface area contributed by atoms with Gasteiger partial charge in [-0.05, 0) is 18.2 Å². The Balaban J connectivity index is 0.00000162. The molecule has 0 radical (unpaired) electrons. The summed E-state index contributed by atoms with van der Waals surface area (Å²) < 4.78 is 18.7. The molecule has 1 unspecified atom stereocenters. The number of anilines is 1. The second-order valence-corrected chi connectivity index (χ2v) is 4.11. The van der Waals surface area contributed by atoms with Gasteiger partial charge in [-0.15, -0.1) is 12.4 Å². The van der Waals surface area contributed by atoms with Gasteiger partial charge in [0.25, 0.3) is 5.91 Å². The maximum Gasteiger partial charge on any atom is 0.254 e. The van der Waals surface area contributed by atoms with Crippen LogP contribution in [0.15, 0.2) is 18.2 Å². The van der Waals surface area contributed by atoms with Crippen LogP contribution in [0.25, 0.3) is 0 Å². The smallest absolute Gasteiger partial charge is 0.254 e. The number of carbonyl (C=O) groups excluding carboxylic acids is 1. The molecule has 100 valence electrons. The Morgan fingerprint density at radius 3 is 2.94 bits per heavy atom. The first kappa shape index (κ1) is 15.2. The molecule has 1 atom stereocenters. The minimum Gasteiger partial charge on any atom is -0.366 e. The summed E-state index contributed by atoms with van der Waals surface area (Å²) in [5.74, 6) is -0.923. The zero-order valence-corrected chi connectivity index (χ0v) is 11.0. The Labute approximate surface area is 115 Å². The maximum atomic E-state index is 13.4. The fraction of sp³-hybridized carbons (Fsp3) is 0.364. The molecular formula is C11H13Cl2FN2O2. The molecule has 1 amide bonds. The number of carbonyl (C=O) groups is 1. The van der Waals surface area contributed by atoms with Crippen LogP contribution in [0.3, 0.4) is 0 Å². The van der Waals surface area contributed by atoms with Gasteiger partial charge in [0.2, 0.25) is 0 Å². The highest BCUT2D eigenvalue weighted by atomic mass is 35.5. The molecule has 1 aliphatic rings. The van der Waals surface area contributed by atoms with Crippen molar-refractivity contribution in [2.75, 3.05) is 25.0 Å². The lowest BCUT2D eigenvalue weighted by molar-refractivity contribution is -0.128. The highest BCUT2D eigenvalue weighted by Gasteiger charge is 2.22. The van der Waals surface area contributed by atoms with Crippen LogP contribution in [-0.2, 0) is 9.53 Å². The lowest BCUT2D eigenvalue weighted by Gasteiger charge is -2.22. The van der Waals surface area contributed by atoms with Crippen LogP contribution < -0.4 is 10.6 Å². The quantitative estimate of drug-likeness (QED) is 0.875. The molecule has 1 heterocycles. The summed E-state index contributed by atoms with van der Waals surface area (Å²) in [6, 6.07) is 4.09. The van der Waals surface area contributed by atoms with Crippen LogP contribution in [0.2, 0.25) is 5.02 Å². The number of halogens is 3. The molecule has 7 heteroatoms. The van der Waals surface area contributed by atoms with E-state index in [1.807, 2.05) is 0 Å². The van der Waals surface area contributed by atoms with Gasteiger partial charge in [0.05, 0.1) is 12.3 Å². The minimum absolute atomic E-state index is 0. The van der Waals surface area contributed by atoms with Crippen molar-refractivity contribution in [1.82, 2.24) is 5.32 Å². The molecule has 1 aromatic rings. The largest absolute Gasteiger partial charge is 0.366 e. The number of ether oxygens (including phenoxy) is 1. The van der Waals surface area contributed by atoms with Crippen LogP contribution in [0.5, 0.6) is 0 Å². The Bertz CT molecular complexity index is 426. The SMILES string of the molecule is Cl.O=C(Nc1ccc(Cl)cc1F)C1CNCCO1. The summed E-state index contributed by atoms with van der Waals surface area (Å²) in [4.78, 5) is 11.7. The predicted octanol–water partition coefficient (Wildman–Crippen LogP) is 1.83. The normalized spacial score (nSPS) is 18.9. The summed E-state index contributed by atoms with van der Waals surface area (Å²) in [6.45, 7) is 1.63. The van der Waals surface area contributed by atoms with E-state index in [1.165, 1.54) is 12.1 Å². The van der Waals surface area contributed by atoms with Crippen molar-refractivity contribution in [1.29, 1.82) is 0 Å². The Hall–Kier alpha value is -0.880. The molecule has 4 nitrogen and oxygen atoms in total. The molecule has 1 aliphatic heterocycles. The van der Waals surface area contributed by atoms with Crippen molar-refractivity contribution >= 4 is 35.6 Å². The second kappa shape index (κ2) is 6.89. The van der Waals surface area contributed by atoms with Crippen molar-refractivity contribution in [3.8, 4) is 0 Å².